The third kappa shape index (κ3) is 3.16. The number of aromatic hydroxyl groups is 1. The quantitative estimate of drug-likeness (QED) is 0.559. The average molecular weight is 438 g/mol. The van der Waals surface area contributed by atoms with E-state index in [0.717, 1.165) is 4.47 Å². The second-order valence-corrected chi connectivity index (χ2v) is 6.60. The Morgan fingerprint density at radius 2 is 1.87 bits per heavy atom. The molecular weight excluding hydrogens is 428 g/mol. The molecule has 0 unspecified atom stereocenters. The van der Waals surface area contributed by atoms with E-state index in [1.807, 2.05) is 6.07 Å². The monoisotopic (exact) mass is 436 g/mol. The van der Waals surface area contributed by atoms with Crippen LogP contribution in [0, 0.1) is 0 Å². The smallest absolute Gasteiger partial charge is 0.282 e. The van der Waals surface area contributed by atoms with E-state index in [0.29, 0.717) is 15.7 Å². The van der Waals surface area contributed by atoms with E-state index in [1.165, 1.54) is 23.2 Å². The molecule has 0 bridgehead atoms. The summed E-state index contributed by atoms with van der Waals surface area (Å²) < 4.78 is 1.47. The molecule has 1 fully saturated rings. The minimum atomic E-state index is -0.495. The van der Waals surface area contributed by atoms with Gasteiger partial charge in [0.2, 0.25) is 0 Å². The third-order valence-electron chi connectivity index (χ3n) is 3.24. The highest BCUT2D eigenvalue weighted by atomic mass is 79.9. The summed E-state index contributed by atoms with van der Waals surface area (Å²) in [5.74, 6) is -0.900. The van der Waals surface area contributed by atoms with E-state index in [-0.39, 0.29) is 11.3 Å². The minimum absolute atomic E-state index is 0.00345. The number of phenols is 1. The highest BCUT2D eigenvalue weighted by Crippen LogP contribution is 2.27. The summed E-state index contributed by atoms with van der Waals surface area (Å²) in [6.45, 7) is 0. The third-order valence-corrected chi connectivity index (χ3v) is 4.45. The largest absolute Gasteiger partial charge is 0.508 e. The van der Waals surface area contributed by atoms with Crippen molar-refractivity contribution in [1.82, 2.24) is 5.43 Å². The summed E-state index contributed by atoms with van der Waals surface area (Å²) >= 11 is 6.66. The van der Waals surface area contributed by atoms with Crippen LogP contribution in [0.3, 0.4) is 0 Å². The molecule has 0 atom stereocenters. The molecule has 1 aliphatic rings. The fourth-order valence-electron chi connectivity index (χ4n) is 2.15. The van der Waals surface area contributed by atoms with Gasteiger partial charge in [0.05, 0.1) is 5.69 Å². The lowest BCUT2D eigenvalue weighted by Gasteiger charge is -2.14. The molecule has 0 aromatic heterocycles. The number of anilines is 1. The fraction of sp³-hybridized carbons (Fsp3) is 0. The number of rotatable bonds is 2. The average Bonchev–Trinajstić information content (AvgIpc) is 2.79. The highest BCUT2D eigenvalue weighted by Gasteiger charge is 2.34. The number of phenolic OH excluding ortho intramolecular Hbond substituents is 1. The first kappa shape index (κ1) is 15.8. The maximum atomic E-state index is 12.5. The zero-order valence-corrected chi connectivity index (χ0v) is 14.8. The van der Waals surface area contributed by atoms with Crippen LogP contribution in [0.25, 0.3) is 6.08 Å². The Balaban J connectivity index is 1.99. The minimum Gasteiger partial charge on any atom is -0.508 e. The number of halogens is 2. The molecule has 2 aromatic rings. The Morgan fingerprint density at radius 1 is 1.09 bits per heavy atom. The second kappa shape index (κ2) is 6.17. The van der Waals surface area contributed by atoms with Crippen molar-refractivity contribution in [3.63, 3.8) is 0 Å². The van der Waals surface area contributed by atoms with Gasteiger partial charge >= 0.3 is 0 Å². The van der Waals surface area contributed by atoms with Gasteiger partial charge in [0, 0.05) is 8.95 Å². The molecule has 0 radical (unpaired) electrons. The first-order valence-electron chi connectivity index (χ1n) is 6.57. The van der Waals surface area contributed by atoms with Crippen molar-refractivity contribution in [2.24, 2.45) is 0 Å². The van der Waals surface area contributed by atoms with Crippen molar-refractivity contribution in [3.05, 3.63) is 62.5 Å². The molecule has 1 aliphatic heterocycles. The standard InChI is InChI=1S/C16H10Br2N2O3/c17-10-2-1-3-11(8-10)20-16(23)13(15(22)19-20)7-9-6-12(21)4-5-14(9)18/h1-8,21H,(H,19,22). The number of carbonyl (C=O) groups excluding carboxylic acids is 2. The van der Waals surface area contributed by atoms with Crippen LogP contribution < -0.4 is 10.4 Å². The molecule has 0 aliphatic carbocycles. The number of nitrogens with one attached hydrogen (secondary N) is 1. The lowest BCUT2D eigenvalue weighted by molar-refractivity contribution is -0.117. The van der Waals surface area contributed by atoms with Crippen LogP contribution in [0.15, 0.2) is 57.0 Å². The number of carbonyl (C=O) groups is 2. The molecule has 2 aromatic carbocycles. The van der Waals surface area contributed by atoms with Crippen LogP contribution in [0.1, 0.15) is 5.56 Å². The molecule has 1 saturated heterocycles. The number of nitrogens with zero attached hydrogens (tertiary/aromatic N) is 1. The van der Waals surface area contributed by atoms with Crippen LogP contribution in [0.5, 0.6) is 5.75 Å². The first-order chi connectivity index (χ1) is 11.0. The van der Waals surface area contributed by atoms with E-state index in [1.54, 1.807) is 24.3 Å². The van der Waals surface area contributed by atoms with Crippen molar-refractivity contribution in [2.75, 3.05) is 5.01 Å². The highest BCUT2D eigenvalue weighted by molar-refractivity contribution is 9.10. The Morgan fingerprint density at radius 3 is 2.61 bits per heavy atom. The molecule has 1 heterocycles. The number of amides is 2. The van der Waals surface area contributed by atoms with Crippen molar-refractivity contribution in [3.8, 4) is 5.75 Å². The predicted molar refractivity (Wildman–Crippen MR) is 93.6 cm³/mol. The number of hydrazine groups is 1. The van der Waals surface area contributed by atoms with Gasteiger partial charge in [-0.05, 0) is 48.0 Å². The summed E-state index contributed by atoms with van der Waals surface area (Å²) in [6, 6.07) is 11.7. The Bertz CT molecular complexity index is 849. The Hall–Kier alpha value is -2.12. The molecule has 116 valence electrons. The van der Waals surface area contributed by atoms with Crippen molar-refractivity contribution < 1.29 is 14.7 Å². The molecule has 2 N–H and O–H groups in total. The molecular formula is C16H10Br2N2O3. The zero-order chi connectivity index (χ0) is 16.6. The Kier molecular flexibility index (Phi) is 4.23. The van der Waals surface area contributed by atoms with Crippen molar-refractivity contribution in [2.45, 2.75) is 0 Å². The van der Waals surface area contributed by atoms with Gasteiger partial charge in [-0.25, -0.2) is 5.01 Å². The van der Waals surface area contributed by atoms with E-state index in [4.69, 9.17) is 0 Å². The van der Waals surface area contributed by atoms with Gasteiger partial charge in [-0.1, -0.05) is 37.9 Å². The van der Waals surface area contributed by atoms with Crippen molar-refractivity contribution in [1.29, 1.82) is 0 Å². The van der Waals surface area contributed by atoms with E-state index in [9.17, 15) is 14.7 Å². The molecule has 23 heavy (non-hydrogen) atoms. The Labute approximate surface area is 148 Å². The summed E-state index contributed by atoms with van der Waals surface area (Å²) in [7, 11) is 0. The van der Waals surface area contributed by atoms with E-state index in [2.05, 4.69) is 37.3 Å². The maximum absolute atomic E-state index is 12.5. The summed E-state index contributed by atoms with van der Waals surface area (Å²) in [4.78, 5) is 24.6. The van der Waals surface area contributed by atoms with Crippen LogP contribution in [0.2, 0.25) is 0 Å². The van der Waals surface area contributed by atoms with Gasteiger partial charge in [-0.15, -0.1) is 0 Å². The molecule has 2 amide bonds. The summed E-state index contributed by atoms with van der Waals surface area (Å²) in [6.07, 6.45) is 1.44. The lowest BCUT2D eigenvalue weighted by atomic mass is 10.1. The van der Waals surface area contributed by atoms with E-state index >= 15 is 0 Å². The van der Waals surface area contributed by atoms with Gasteiger partial charge < -0.3 is 5.11 Å². The maximum Gasteiger partial charge on any atom is 0.282 e. The van der Waals surface area contributed by atoms with Gasteiger partial charge in [0.15, 0.2) is 0 Å². The predicted octanol–water partition coefficient (Wildman–Crippen LogP) is 3.38. The fourth-order valence-corrected chi connectivity index (χ4v) is 2.90. The number of hydrogen-bond acceptors (Lipinski definition) is 3. The summed E-state index contributed by atoms with van der Waals surface area (Å²) in [5.41, 5.74) is 3.62. The SMILES string of the molecule is O=C1NN(c2cccc(Br)c2)C(=O)C1=Cc1cc(O)ccc1Br. The van der Waals surface area contributed by atoms with Gasteiger partial charge in [0.25, 0.3) is 11.8 Å². The van der Waals surface area contributed by atoms with Crippen LogP contribution in [-0.4, -0.2) is 16.9 Å². The van der Waals surface area contributed by atoms with Crippen LogP contribution in [0.4, 0.5) is 5.69 Å². The molecule has 5 nitrogen and oxygen atoms in total. The van der Waals surface area contributed by atoms with Crippen LogP contribution >= 0.6 is 31.9 Å². The summed E-state index contributed by atoms with van der Waals surface area (Å²) in [5, 5.41) is 10.7. The first-order valence-corrected chi connectivity index (χ1v) is 8.15. The van der Waals surface area contributed by atoms with E-state index < -0.39 is 11.8 Å². The second-order valence-electron chi connectivity index (χ2n) is 4.83. The topological polar surface area (TPSA) is 69.6 Å². The van der Waals surface area contributed by atoms with Gasteiger partial charge in [-0.3, -0.25) is 15.0 Å². The molecule has 0 spiro atoms. The lowest BCUT2D eigenvalue weighted by Crippen LogP contribution is -2.35. The normalized spacial score (nSPS) is 16.1. The molecule has 3 rings (SSSR count). The number of hydrogen-bond donors (Lipinski definition) is 2. The van der Waals surface area contributed by atoms with Crippen LogP contribution in [-0.2, 0) is 9.59 Å². The zero-order valence-electron chi connectivity index (χ0n) is 11.6. The van der Waals surface area contributed by atoms with Gasteiger partial charge in [0.1, 0.15) is 11.3 Å². The van der Waals surface area contributed by atoms with Crippen molar-refractivity contribution >= 4 is 55.4 Å². The number of benzene rings is 2. The molecule has 7 heteroatoms. The van der Waals surface area contributed by atoms with Gasteiger partial charge in [-0.2, -0.15) is 0 Å². The molecule has 0 saturated carbocycles.